The first-order valence-electron chi connectivity index (χ1n) is 5.24. The van der Waals surface area contributed by atoms with E-state index < -0.39 is 20.7 Å². The summed E-state index contributed by atoms with van der Waals surface area (Å²) in [5, 5.41) is 9.03. The maximum absolute atomic E-state index is 11.0. The summed E-state index contributed by atoms with van der Waals surface area (Å²) in [6, 6.07) is 0. The van der Waals surface area contributed by atoms with Crippen LogP contribution in [0.4, 0.5) is 0 Å². The van der Waals surface area contributed by atoms with Gasteiger partial charge in [0.25, 0.3) is 0 Å². The molecule has 86 valence electrons. The first kappa shape index (κ1) is 11.1. The normalized spacial score (nSPS) is 40.5. The predicted octanol–water partition coefficient (Wildman–Crippen LogP) is 0.872. The fourth-order valence-electron chi connectivity index (χ4n) is 2.02. The zero-order valence-electron chi connectivity index (χ0n) is 8.93. The summed E-state index contributed by atoms with van der Waals surface area (Å²) >= 11 is 0. The van der Waals surface area contributed by atoms with Crippen LogP contribution in [0, 0.1) is 5.92 Å². The number of hydrogen-bond acceptors (Lipinski definition) is 4. The van der Waals surface area contributed by atoms with Crippen LogP contribution < -0.4 is 0 Å². The average molecular weight is 232 g/mol. The van der Waals surface area contributed by atoms with Crippen molar-refractivity contribution in [3.05, 3.63) is 0 Å². The van der Waals surface area contributed by atoms with E-state index in [1.807, 2.05) is 13.8 Å². The molecule has 2 heterocycles. The van der Waals surface area contributed by atoms with Gasteiger partial charge in [0.15, 0.2) is 0 Å². The third kappa shape index (κ3) is 1.82. The molecule has 0 spiro atoms. The van der Waals surface area contributed by atoms with Gasteiger partial charge in [-0.1, -0.05) is 13.8 Å². The van der Waals surface area contributed by atoms with E-state index in [2.05, 4.69) is 0 Å². The number of rotatable bonds is 2. The Morgan fingerprint density at radius 3 is 2.80 bits per heavy atom. The minimum absolute atomic E-state index is 0.190. The summed E-state index contributed by atoms with van der Waals surface area (Å²) in [6.07, 6.45) is 0.198. The lowest BCUT2D eigenvalue weighted by molar-refractivity contribution is -0.145. The molecular formula is C9H16O5Si. The molecule has 3 unspecified atom stereocenters. The van der Waals surface area contributed by atoms with E-state index in [1.165, 1.54) is 0 Å². The van der Waals surface area contributed by atoms with E-state index in [4.69, 9.17) is 18.4 Å². The summed E-state index contributed by atoms with van der Waals surface area (Å²) in [5.41, 5.74) is 0.190. The predicted molar refractivity (Wildman–Crippen MR) is 53.4 cm³/mol. The fourth-order valence-corrected chi connectivity index (χ4v) is 4.63. The largest absolute Gasteiger partial charge is 0.504 e. The number of carboxylic acids is 1. The van der Waals surface area contributed by atoms with Crippen molar-refractivity contribution in [3.8, 4) is 0 Å². The van der Waals surface area contributed by atoms with E-state index in [1.54, 1.807) is 0 Å². The van der Waals surface area contributed by atoms with Crippen molar-refractivity contribution in [2.24, 2.45) is 5.92 Å². The minimum Gasteiger partial charge on any atom is -0.481 e. The first-order chi connectivity index (χ1) is 7.05. The molecule has 0 aromatic rings. The van der Waals surface area contributed by atoms with Gasteiger partial charge in [-0.2, -0.15) is 0 Å². The number of aliphatic carboxylic acids is 1. The Morgan fingerprint density at radius 1 is 1.47 bits per heavy atom. The van der Waals surface area contributed by atoms with Crippen molar-refractivity contribution in [1.29, 1.82) is 0 Å². The Hall–Kier alpha value is -0.433. The summed E-state index contributed by atoms with van der Waals surface area (Å²) < 4.78 is 17.0. The zero-order chi connectivity index (χ0) is 11.1. The van der Waals surface area contributed by atoms with Crippen LogP contribution in [-0.4, -0.2) is 39.2 Å². The Balaban J connectivity index is 2.17. The third-order valence-electron chi connectivity index (χ3n) is 2.97. The van der Waals surface area contributed by atoms with Gasteiger partial charge in [0, 0.05) is 12.1 Å². The Morgan fingerprint density at radius 2 is 2.20 bits per heavy atom. The summed E-state index contributed by atoms with van der Waals surface area (Å²) in [7, 11) is -2.56. The molecule has 2 rings (SSSR count). The first-order valence-corrected chi connectivity index (χ1v) is 7.04. The number of carbonyl (C=O) groups is 1. The molecule has 0 saturated carbocycles. The molecule has 3 atom stereocenters. The molecule has 15 heavy (non-hydrogen) atoms. The Labute approximate surface area is 89.7 Å². The lowest BCUT2D eigenvalue weighted by atomic mass is 10.00. The number of hydrogen-bond donors (Lipinski definition) is 1. The maximum atomic E-state index is 11.0. The molecule has 2 saturated heterocycles. The molecule has 0 aromatic heterocycles. The molecule has 0 aliphatic carbocycles. The molecule has 2 fully saturated rings. The molecule has 2 bridgehead atoms. The second-order valence-corrected chi connectivity index (χ2v) is 7.48. The highest BCUT2D eigenvalue weighted by molar-refractivity contribution is 6.62. The molecule has 0 aromatic carbocycles. The second-order valence-electron chi connectivity index (χ2n) is 4.31. The lowest BCUT2D eigenvalue weighted by Gasteiger charge is -2.25. The second kappa shape index (κ2) is 3.86. The standard InChI is InChI=1S/C9H16O5Si/c1-6(2)15-12-4-3-7(9(10)11)8(14-15)5-13-15/h6-8H,3-5H2,1-2H3,(H,10,11). The number of fused-ring (bicyclic) bond motifs is 2. The molecule has 1 N–H and O–H groups in total. The van der Waals surface area contributed by atoms with Gasteiger partial charge in [-0.15, -0.1) is 0 Å². The topological polar surface area (TPSA) is 65.0 Å². The molecule has 2 aliphatic rings. The van der Waals surface area contributed by atoms with Gasteiger partial charge in [0.1, 0.15) is 0 Å². The van der Waals surface area contributed by atoms with E-state index in [0.29, 0.717) is 19.6 Å². The van der Waals surface area contributed by atoms with E-state index in [9.17, 15) is 4.79 Å². The van der Waals surface area contributed by atoms with Crippen LogP contribution in [0.25, 0.3) is 0 Å². The molecular weight excluding hydrogens is 216 g/mol. The lowest BCUT2D eigenvalue weighted by Crippen LogP contribution is -2.43. The molecule has 2 aliphatic heterocycles. The van der Waals surface area contributed by atoms with Crippen LogP contribution in [0.3, 0.4) is 0 Å². The van der Waals surface area contributed by atoms with Crippen molar-refractivity contribution in [2.75, 3.05) is 13.2 Å². The smallest absolute Gasteiger partial charge is 0.481 e. The summed E-state index contributed by atoms with van der Waals surface area (Å²) in [5.74, 6) is -1.30. The average Bonchev–Trinajstić information content (AvgIpc) is 2.43. The summed E-state index contributed by atoms with van der Waals surface area (Å²) in [4.78, 5) is 11.0. The van der Waals surface area contributed by atoms with Crippen LogP contribution in [-0.2, 0) is 18.1 Å². The highest BCUT2D eigenvalue weighted by atomic mass is 28.4. The Bertz CT molecular complexity index is 269. The highest BCUT2D eigenvalue weighted by Crippen LogP contribution is 2.37. The van der Waals surface area contributed by atoms with Gasteiger partial charge in [0.05, 0.1) is 18.6 Å². The van der Waals surface area contributed by atoms with Crippen LogP contribution >= 0.6 is 0 Å². The van der Waals surface area contributed by atoms with E-state index in [-0.39, 0.29) is 11.6 Å². The van der Waals surface area contributed by atoms with Crippen molar-refractivity contribution in [1.82, 2.24) is 0 Å². The van der Waals surface area contributed by atoms with Crippen LogP contribution in [0.5, 0.6) is 0 Å². The van der Waals surface area contributed by atoms with Crippen molar-refractivity contribution >= 4 is 14.8 Å². The zero-order valence-corrected chi connectivity index (χ0v) is 9.93. The molecule has 0 amide bonds. The van der Waals surface area contributed by atoms with Crippen molar-refractivity contribution in [2.45, 2.75) is 31.9 Å². The van der Waals surface area contributed by atoms with Crippen LogP contribution in [0.1, 0.15) is 20.3 Å². The monoisotopic (exact) mass is 232 g/mol. The third-order valence-corrected chi connectivity index (χ3v) is 6.19. The van der Waals surface area contributed by atoms with Gasteiger partial charge in [-0.05, 0) is 6.42 Å². The van der Waals surface area contributed by atoms with Gasteiger partial charge < -0.3 is 18.4 Å². The van der Waals surface area contributed by atoms with Crippen molar-refractivity contribution < 1.29 is 23.2 Å². The van der Waals surface area contributed by atoms with Gasteiger partial charge in [0.2, 0.25) is 0 Å². The molecule has 5 nitrogen and oxygen atoms in total. The van der Waals surface area contributed by atoms with Crippen LogP contribution in [0.15, 0.2) is 0 Å². The van der Waals surface area contributed by atoms with Gasteiger partial charge in [-0.3, -0.25) is 4.79 Å². The fraction of sp³-hybridized carbons (Fsp3) is 0.889. The van der Waals surface area contributed by atoms with Crippen molar-refractivity contribution in [3.63, 3.8) is 0 Å². The highest BCUT2D eigenvalue weighted by Gasteiger charge is 2.56. The Kier molecular flexibility index (Phi) is 2.85. The number of carboxylic acid groups (broad SMARTS) is 1. The molecule has 6 heteroatoms. The van der Waals surface area contributed by atoms with Gasteiger partial charge >= 0.3 is 14.8 Å². The van der Waals surface area contributed by atoms with E-state index >= 15 is 0 Å². The maximum Gasteiger partial charge on any atom is 0.504 e. The van der Waals surface area contributed by atoms with Gasteiger partial charge in [-0.25, -0.2) is 0 Å². The summed E-state index contributed by atoms with van der Waals surface area (Å²) in [6.45, 7) is 4.78. The SMILES string of the molecule is CC(C)[Si]12OCCC(C(=O)O)C(CO1)O2. The quantitative estimate of drug-likeness (QED) is 0.716. The molecule has 0 radical (unpaired) electrons. The minimum atomic E-state index is -2.56. The van der Waals surface area contributed by atoms with Crippen LogP contribution in [0.2, 0.25) is 5.54 Å². The van der Waals surface area contributed by atoms with E-state index in [0.717, 1.165) is 0 Å².